The number of aromatic hydroxyl groups is 1. The van der Waals surface area contributed by atoms with Gasteiger partial charge in [0.1, 0.15) is 5.75 Å². The highest BCUT2D eigenvalue weighted by atomic mass is 16.3. The second-order valence-corrected chi connectivity index (χ2v) is 6.71. The average Bonchev–Trinajstić information content (AvgIpc) is 3.18. The van der Waals surface area contributed by atoms with Crippen LogP contribution < -0.4 is 5.32 Å². The number of hydrogen-bond donors (Lipinski definition) is 2. The number of anilines is 1. The van der Waals surface area contributed by atoms with Crippen LogP contribution in [0, 0.1) is 18.3 Å². The fourth-order valence-electron chi connectivity index (χ4n) is 3.25. The van der Waals surface area contributed by atoms with Crippen molar-refractivity contribution in [2.24, 2.45) is 0 Å². The van der Waals surface area contributed by atoms with Crippen LogP contribution in [-0.4, -0.2) is 34.9 Å². The Hall–Kier alpha value is -3.33. The first-order chi connectivity index (χ1) is 13.0. The maximum atomic E-state index is 12.5. The molecule has 1 aliphatic rings. The molecular weight excluding hydrogens is 342 g/mol. The van der Waals surface area contributed by atoms with Crippen molar-refractivity contribution in [3.8, 4) is 11.8 Å². The molecule has 2 aromatic carbocycles. The fraction of sp³-hybridized carbons (Fsp3) is 0.286. The van der Waals surface area contributed by atoms with Crippen LogP contribution in [-0.2, 0) is 11.2 Å². The van der Waals surface area contributed by atoms with Crippen molar-refractivity contribution in [2.45, 2.75) is 26.2 Å². The summed E-state index contributed by atoms with van der Waals surface area (Å²) in [5.41, 5.74) is 2.82. The third kappa shape index (κ3) is 4.26. The Morgan fingerprint density at radius 3 is 2.59 bits per heavy atom. The van der Waals surface area contributed by atoms with Crippen LogP contribution >= 0.6 is 0 Å². The van der Waals surface area contributed by atoms with Gasteiger partial charge in [-0.2, -0.15) is 5.26 Å². The summed E-state index contributed by atoms with van der Waals surface area (Å²) in [6, 6.07) is 11.6. The molecule has 27 heavy (non-hydrogen) atoms. The Balaban J connectivity index is 1.69. The van der Waals surface area contributed by atoms with Gasteiger partial charge in [-0.05, 0) is 61.7 Å². The van der Waals surface area contributed by atoms with Crippen LogP contribution in [0.4, 0.5) is 5.69 Å². The lowest BCUT2D eigenvalue weighted by Crippen LogP contribution is -2.28. The van der Waals surface area contributed by atoms with E-state index in [2.05, 4.69) is 5.32 Å². The third-order valence-corrected chi connectivity index (χ3v) is 4.69. The maximum Gasteiger partial charge on any atom is 0.254 e. The van der Waals surface area contributed by atoms with Crippen LogP contribution in [0.15, 0.2) is 36.4 Å². The van der Waals surface area contributed by atoms with E-state index in [0.717, 1.165) is 31.5 Å². The SMILES string of the molecule is Cc1cc(NC(=O)Cc2cc(C#N)ccc2O)ccc1C(=O)N1CCCC1. The Kier molecular flexibility index (Phi) is 5.41. The van der Waals surface area contributed by atoms with E-state index in [9.17, 15) is 14.7 Å². The molecule has 1 aliphatic heterocycles. The molecule has 6 nitrogen and oxygen atoms in total. The van der Waals surface area contributed by atoms with Gasteiger partial charge in [0.2, 0.25) is 5.91 Å². The van der Waals surface area contributed by atoms with E-state index in [1.807, 2.05) is 17.9 Å². The van der Waals surface area contributed by atoms with Gasteiger partial charge in [-0.1, -0.05) is 0 Å². The normalized spacial score (nSPS) is 13.3. The standard InChI is InChI=1S/C21H21N3O3/c1-14-10-17(5-6-18(14)21(27)24-8-2-3-9-24)23-20(26)12-16-11-15(13-22)4-7-19(16)25/h4-7,10-11,25H,2-3,8-9,12H2,1H3,(H,23,26). The summed E-state index contributed by atoms with van der Waals surface area (Å²) in [5.74, 6) is -0.300. The number of nitriles is 1. The molecule has 2 amide bonds. The van der Waals surface area contributed by atoms with Gasteiger partial charge in [0.05, 0.1) is 18.1 Å². The number of hydrogen-bond acceptors (Lipinski definition) is 4. The molecule has 0 aliphatic carbocycles. The molecule has 1 heterocycles. The van der Waals surface area contributed by atoms with Crippen LogP contribution in [0.1, 0.15) is 39.9 Å². The molecule has 2 aromatic rings. The maximum absolute atomic E-state index is 12.5. The van der Waals surface area contributed by atoms with Crippen LogP contribution in [0.25, 0.3) is 0 Å². The minimum atomic E-state index is -0.307. The summed E-state index contributed by atoms with van der Waals surface area (Å²) in [4.78, 5) is 26.7. The molecule has 0 spiro atoms. The molecule has 3 rings (SSSR count). The lowest BCUT2D eigenvalue weighted by Gasteiger charge is -2.17. The third-order valence-electron chi connectivity index (χ3n) is 4.69. The highest BCUT2D eigenvalue weighted by molar-refractivity contribution is 5.97. The predicted molar refractivity (Wildman–Crippen MR) is 101 cm³/mol. The zero-order chi connectivity index (χ0) is 19.4. The molecule has 6 heteroatoms. The molecule has 2 N–H and O–H groups in total. The molecule has 0 aromatic heterocycles. The van der Waals surface area contributed by atoms with E-state index in [1.54, 1.807) is 18.2 Å². The zero-order valence-electron chi connectivity index (χ0n) is 15.2. The van der Waals surface area contributed by atoms with Gasteiger partial charge in [-0.15, -0.1) is 0 Å². The quantitative estimate of drug-likeness (QED) is 0.873. The number of carbonyl (C=O) groups excluding carboxylic acids is 2. The molecule has 0 bridgehead atoms. The fourth-order valence-corrected chi connectivity index (χ4v) is 3.25. The lowest BCUT2D eigenvalue weighted by atomic mass is 10.1. The zero-order valence-corrected chi connectivity index (χ0v) is 15.2. The van der Waals surface area contributed by atoms with E-state index in [4.69, 9.17) is 5.26 Å². The molecule has 1 fully saturated rings. The Morgan fingerprint density at radius 1 is 1.19 bits per heavy atom. The summed E-state index contributed by atoms with van der Waals surface area (Å²) in [6.07, 6.45) is 2.03. The van der Waals surface area contributed by atoms with Gasteiger partial charge in [0.25, 0.3) is 5.91 Å². The number of phenols is 1. The van der Waals surface area contributed by atoms with Crippen molar-refractivity contribution in [3.63, 3.8) is 0 Å². The second-order valence-electron chi connectivity index (χ2n) is 6.71. The molecular formula is C21H21N3O3. The van der Waals surface area contributed by atoms with Crippen molar-refractivity contribution in [1.82, 2.24) is 4.90 Å². The molecule has 0 atom stereocenters. The molecule has 138 valence electrons. The number of rotatable bonds is 4. The largest absolute Gasteiger partial charge is 0.508 e. The topological polar surface area (TPSA) is 93.4 Å². The molecule has 0 unspecified atom stereocenters. The Labute approximate surface area is 158 Å². The van der Waals surface area contributed by atoms with Gasteiger partial charge in [-0.25, -0.2) is 0 Å². The van der Waals surface area contributed by atoms with E-state index >= 15 is 0 Å². The summed E-state index contributed by atoms with van der Waals surface area (Å²) >= 11 is 0. The summed E-state index contributed by atoms with van der Waals surface area (Å²) < 4.78 is 0. The van der Waals surface area contributed by atoms with Crippen molar-refractivity contribution in [2.75, 3.05) is 18.4 Å². The van der Waals surface area contributed by atoms with E-state index in [0.29, 0.717) is 22.4 Å². The highest BCUT2D eigenvalue weighted by Gasteiger charge is 2.21. The number of benzene rings is 2. The predicted octanol–water partition coefficient (Wildman–Crippen LogP) is 2.99. The number of carbonyl (C=O) groups is 2. The summed E-state index contributed by atoms with van der Waals surface area (Å²) in [6.45, 7) is 3.44. The van der Waals surface area contributed by atoms with Gasteiger partial charge in [-0.3, -0.25) is 9.59 Å². The summed E-state index contributed by atoms with van der Waals surface area (Å²) in [5, 5.41) is 21.6. The molecule has 0 saturated carbocycles. The molecule has 0 radical (unpaired) electrons. The summed E-state index contributed by atoms with van der Waals surface area (Å²) in [7, 11) is 0. The lowest BCUT2D eigenvalue weighted by molar-refractivity contribution is -0.115. The number of amides is 2. The average molecular weight is 363 g/mol. The van der Waals surface area contributed by atoms with Gasteiger partial charge in [0.15, 0.2) is 0 Å². The van der Waals surface area contributed by atoms with E-state index in [-0.39, 0.29) is 24.0 Å². The second kappa shape index (κ2) is 7.92. The van der Waals surface area contributed by atoms with E-state index < -0.39 is 0 Å². The van der Waals surface area contributed by atoms with Crippen molar-refractivity contribution in [1.29, 1.82) is 5.26 Å². The number of nitrogens with one attached hydrogen (secondary N) is 1. The minimum absolute atomic E-state index is 0.0214. The van der Waals surface area contributed by atoms with Crippen LogP contribution in [0.3, 0.4) is 0 Å². The number of likely N-dealkylation sites (tertiary alicyclic amines) is 1. The Morgan fingerprint density at radius 2 is 1.93 bits per heavy atom. The van der Waals surface area contributed by atoms with Gasteiger partial charge < -0.3 is 15.3 Å². The first kappa shape index (κ1) is 18.5. The highest BCUT2D eigenvalue weighted by Crippen LogP contribution is 2.21. The first-order valence-corrected chi connectivity index (χ1v) is 8.89. The number of phenolic OH excluding ortho intramolecular Hbond substituents is 1. The Bertz CT molecular complexity index is 925. The van der Waals surface area contributed by atoms with Crippen LogP contribution in [0.5, 0.6) is 5.75 Å². The van der Waals surface area contributed by atoms with Crippen LogP contribution in [0.2, 0.25) is 0 Å². The van der Waals surface area contributed by atoms with Gasteiger partial charge >= 0.3 is 0 Å². The number of nitrogens with zero attached hydrogens (tertiary/aromatic N) is 2. The monoisotopic (exact) mass is 363 g/mol. The smallest absolute Gasteiger partial charge is 0.254 e. The van der Waals surface area contributed by atoms with Crippen molar-refractivity contribution >= 4 is 17.5 Å². The van der Waals surface area contributed by atoms with E-state index in [1.165, 1.54) is 18.2 Å². The van der Waals surface area contributed by atoms with Crippen molar-refractivity contribution < 1.29 is 14.7 Å². The molecule has 1 saturated heterocycles. The minimum Gasteiger partial charge on any atom is -0.508 e. The first-order valence-electron chi connectivity index (χ1n) is 8.89. The van der Waals surface area contributed by atoms with Crippen molar-refractivity contribution in [3.05, 3.63) is 58.7 Å². The number of aryl methyl sites for hydroxylation is 1. The van der Waals surface area contributed by atoms with Gasteiger partial charge in [0, 0.05) is 29.9 Å².